The average Bonchev–Trinajstić information content (AvgIpc) is 2.84. The smallest absolute Gasteiger partial charge is 0.374 e. The third-order valence-electron chi connectivity index (χ3n) is 2.54. The van der Waals surface area contributed by atoms with Crippen LogP contribution in [0.25, 0.3) is 16.7 Å². The predicted molar refractivity (Wildman–Crippen MR) is 68.6 cm³/mol. The van der Waals surface area contributed by atoms with Crippen LogP contribution in [0.3, 0.4) is 0 Å². The van der Waals surface area contributed by atoms with Gasteiger partial charge >= 0.3 is 5.97 Å². The van der Waals surface area contributed by atoms with Gasteiger partial charge in [0.2, 0.25) is 5.82 Å². The normalized spacial score (nSPS) is 10.8. The largest absolute Gasteiger partial charge is 0.475 e. The lowest BCUT2D eigenvalue weighted by Crippen LogP contribution is -2.09. The van der Waals surface area contributed by atoms with E-state index < -0.39 is 5.97 Å². The first-order valence-corrected chi connectivity index (χ1v) is 5.73. The molecule has 0 aliphatic rings. The number of aromatic carboxylic acids is 1. The summed E-state index contributed by atoms with van der Waals surface area (Å²) in [6.07, 6.45) is 3.01. The number of para-hydroxylation sites is 1. The summed E-state index contributed by atoms with van der Waals surface area (Å²) < 4.78 is 1.43. The Hall–Kier alpha value is -2.47. The highest BCUT2D eigenvalue weighted by molar-refractivity contribution is 6.30. The van der Waals surface area contributed by atoms with Gasteiger partial charge in [0.25, 0.3) is 0 Å². The number of carbonyl (C=O) groups is 1. The molecular weight excluding hydrogens is 268 g/mol. The molecular formula is C12H7ClN4O2. The molecule has 7 heteroatoms. The Morgan fingerprint density at radius 1 is 1.26 bits per heavy atom. The zero-order valence-corrected chi connectivity index (χ0v) is 10.2. The second-order valence-corrected chi connectivity index (χ2v) is 4.23. The zero-order valence-electron chi connectivity index (χ0n) is 9.49. The van der Waals surface area contributed by atoms with Crippen molar-refractivity contribution in [2.45, 2.75) is 0 Å². The number of nitrogens with zero attached hydrogens (tertiary/aromatic N) is 4. The lowest BCUT2D eigenvalue weighted by atomic mass is 10.2. The maximum atomic E-state index is 11.1. The van der Waals surface area contributed by atoms with Crippen molar-refractivity contribution >= 4 is 28.5 Å². The number of fused-ring (bicyclic) bond motifs is 1. The molecule has 2 aromatic heterocycles. The fourth-order valence-electron chi connectivity index (χ4n) is 1.75. The van der Waals surface area contributed by atoms with Gasteiger partial charge in [-0.15, -0.1) is 0 Å². The van der Waals surface area contributed by atoms with E-state index in [0.717, 1.165) is 0 Å². The first kappa shape index (κ1) is 11.6. The predicted octanol–water partition coefficient (Wildman–Crippen LogP) is 2.17. The van der Waals surface area contributed by atoms with Crippen LogP contribution in [0.2, 0.25) is 5.02 Å². The minimum atomic E-state index is -1.19. The van der Waals surface area contributed by atoms with E-state index in [2.05, 4.69) is 15.1 Å². The first-order chi connectivity index (χ1) is 9.15. The summed E-state index contributed by atoms with van der Waals surface area (Å²) in [7, 11) is 0. The van der Waals surface area contributed by atoms with E-state index in [-0.39, 0.29) is 5.82 Å². The van der Waals surface area contributed by atoms with Crippen molar-refractivity contribution in [1.29, 1.82) is 0 Å². The number of hydrogen-bond donors (Lipinski definition) is 1. The summed E-state index contributed by atoms with van der Waals surface area (Å²) in [5.41, 5.74) is 0.538. The van der Waals surface area contributed by atoms with Gasteiger partial charge in [-0.2, -0.15) is 5.10 Å². The van der Waals surface area contributed by atoms with Gasteiger partial charge in [-0.25, -0.2) is 19.4 Å². The molecule has 0 saturated heterocycles. The van der Waals surface area contributed by atoms with Gasteiger partial charge in [0.1, 0.15) is 0 Å². The van der Waals surface area contributed by atoms with Crippen molar-refractivity contribution in [3.8, 4) is 5.82 Å². The van der Waals surface area contributed by atoms with Gasteiger partial charge in [0.15, 0.2) is 5.82 Å². The van der Waals surface area contributed by atoms with E-state index in [1.165, 1.54) is 10.9 Å². The van der Waals surface area contributed by atoms with Gasteiger partial charge in [0.05, 0.1) is 22.9 Å². The van der Waals surface area contributed by atoms with Crippen LogP contribution in [0.1, 0.15) is 10.6 Å². The van der Waals surface area contributed by atoms with Crippen LogP contribution in [0, 0.1) is 0 Å². The van der Waals surface area contributed by atoms with E-state index in [1.54, 1.807) is 24.4 Å². The summed E-state index contributed by atoms with van der Waals surface area (Å²) in [6, 6.07) is 7.12. The van der Waals surface area contributed by atoms with Gasteiger partial charge in [-0.05, 0) is 12.1 Å². The third kappa shape index (κ3) is 2.02. The highest BCUT2D eigenvalue weighted by Gasteiger charge is 2.14. The Balaban J connectivity index is 2.35. The monoisotopic (exact) mass is 274 g/mol. The number of carboxylic acids is 1. The summed E-state index contributed by atoms with van der Waals surface area (Å²) >= 11 is 5.82. The van der Waals surface area contributed by atoms with Crippen molar-refractivity contribution < 1.29 is 9.90 Å². The third-order valence-corrected chi connectivity index (χ3v) is 2.74. The van der Waals surface area contributed by atoms with Crippen LogP contribution in [0.5, 0.6) is 0 Å². The first-order valence-electron chi connectivity index (χ1n) is 5.36. The summed E-state index contributed by atoms with van der Waals surface area (Å²) in [6.45, 7) is 0. The molecule has 2 heterocycles. The highest BCUT2D eigenvalue weighted by atomic mass is 35.5. The molecule has 0 radical (unpaired) electrons. The van der Waals surface area contributed by atoms with E-state index in [4.69, 9.17) is 16.7 Å². The number of halogens is 1. The number of hydrogen-bond acceptors (Lipinski definition) is 4. The van der Waals surface area contributed by atoms with E-state index in [0.29, 0.717) is 21.7 Å². The maximum absolute atomic E-state index is 11.1. The fourth-order valence-corrected chi connectivity index (χ4v) is 1.88. The van der Waals surface area contributed by atoms with Crippen LogP contribution in [0.4, 0.5) is 0 Å². The van der Waals surface area contributed by atoms with Crippen LogP contribution < -0.4 is 0 Å². The molecule has 0 amide bonds. The van der Waals surface area contributed by atoms with E-state index >= 15 is 0 Å². The van der Waals surface area contributed by atoms with Crippen LogP contribution in [-0.2, 0) is 0 Å². The van der Waals surface area contributed by atoms with Crippen LogP contribution in [-0.4, -0.2) is 30.8 Å². The van der Waals surface area contributed by atoms with Crippen molar-refractivity contribution in [2.24, 2.45) is 0 Å². The quantitative estimate of drug-likeness (QED) is 0.774. The minimum Gasteiger partial charge on any atom is -0.475 e. The molecule has 0 aliphatic carbocycles. The molecule has 1 N–H and O–H groups in total. The van der Waals surface area contributed by atoms with Gasteiger partial charge < -0.3 is 5.11 Å². The fraction of sp³-hybridized carbons (Fsp3) is 0. The zero-order chi connectivity index (χ0) is 13.4. The molecule has 3 aromatic rings. The molecule has 0 atom stereocenters. The van der Waals surface area contributed by atoms with Gasteiger partial charge in [-0.1, -0.05) is 23.7 Å². The Labute approximate surface area is 112 Å². The lowest BCUT2D eigenvalue weighted by molar-refractivity contribution is 0.0684. The molecule has 0 bridgehead atoms. The number of rotatable bonds is 2. The second-order valence-electron chi connectivity index (χ2n) is 3.80. The topological polar surface area (TPSA) is 80.9 Å². The Bertz CT molecular complexity index is 784. The van der Waals surface area contributed by atoms with Gasteiger partial charge in [0, 0.05) is 5.39 Å². The molecule has 19 heavy (non-hydrogen) atoms. The Kier molecular flexibility index (Phi) is 2.64. The van der Waals surface area contributed by atoms with Crippen molar-refractivity contribution in [2.75, 3.05) is 0 Å². The Morgan fingerprint density at radius 2 is 2.05 bits per heavy atom. The average molecular weight is 275 g/mol. The van der Waals surface area contributed by atoms with Crippen molar-refractivity contribution in [3.05, 3.63) is 47.5 Å². The maximum Gasteiger partial charge on any atom is 0.374 e. The lowest BCUT2D eigenvalue weighted by Gasteiger charge is -2.06. The van der Waals surface area contributed by atoms with Gasteiger partial charge in [-0.3, -0.25) is 0 Å². The molecule has 0 aliphatic heterocycles. The second kappa shape index (κ2) is 4.33. The summed E-state index contributed by atoms with van der Waals surface area (Å²) in [5.74, 6) is -1.08. The summed E-state index contributed by atoms with van der Waals surface area (Å²) in [4.78, 5) is 19.1. The van der Waals surface area contributed by atoms with E-state index in [9.17, 15) is 4.79 Å². The minimum absolute atomic E-state index is 0.277. The highest BCUT2D eigenvalue weighted by Crippen LogP contribution is 2.20. The molecule has 1 aromatic carbocycles. The number of carboxylic acid groups (broad SMARTS) is 1. The number of aromatic nitrogens is 4. The molecule has 6 nitrogen and oxygen atoms in total. The van der Waals surface area contributed by atoms with Crippen LogP contribution in [0.15, 0.2) is 36.7 Å². The standard InChI is InChI=1S/C12H7ClN4O2/c13-7-5-14-17(6-7)11-8-3-1-2-4-9(8)15-10(16-11)12(18)19/h1-6H,(H,18,19). The molecule has 94 valence electrons. The molecule has 0 fully saturated rings. The molecule has 0 saturated carbocycles. The van der Waals surface area contributed by atoms with Crippen molar-refractivity contribution in [1.82, 2.24) is 19.7 Å². The summed E-state index contributed by atoms with van der Waals surface area (Å²) in [5, 5.41) is 14.2. The molecule has 0 unspecified atom stereocenters. The molecule has 3 rings (SSSR count). The van der Waals surface area contributed by atoms with E-state index in [1.807, 2.05) is 6.07 Å². The number of benzene rings is 1. The van der Waals surface area contributed by atoms with Crippen LogP contribution >= 0.6 is 11.6 Å². The SMILES string of the molecule is O=C(O)c1nc(-n2cc(Cl)cn2)c2ccccc2n1. The molecule has 0 spiro atoms. The Morgan fingerprint density at radius 3 is 2.74 bits per heavy atom. The van der Waals surface area contributed by atoms with Crippen molar-refractivity contribution in [3.63, 3.8) is 0 Å².